The number of fused-ring (bicyclic) bond motifs is 1. The fourth-order valence-electron chi connectivity index (χ4n) is 2.40. The number of amides is 1. The molecule has 27 heavy (non-hydrogen) atoms. The number of hydrogen-bond donors (Lipinski definition) is 4. The number of carbonyl (C=O) groups excluding carboxylic acids is 1. The number of anilines is 2. The summed E-state index contributed by atoms with van der Waals surface area (Å²) in [7, 11) is 0. The highest BCUT2D eigenvalue weighted by atomic mass is 32.1. The number of halogens is 1. The van der Waals surface area contributed by atoms with Crippen LogP contribution in [0.4, 0.5) is 15.1 Å². The molecule has 1 atom stereocenters. The molecule has 1 aromatic carbocycles. The van der Waals surface area contributed by atoms with Gasteiger partial charge in [-0.1, -0.05) is 17.4 Å². The number of carbonyl (C=O) groups is 1. The number of nitrogens with one attached hydrogen (secondary N) is 2. The fraction of sp³-hybridized carbons (Fsp3) is 0.222. The molecule has 4 N–H and O–H groups in total. The monoisotopic (exact) mass is 391 g/mol. The van der Waals surface area contributed by atoms with Gasteiger partial charge < -0.3 is 15.5 Å². The van der Waals surface area contributed by atoms with Gasteiger partial charge in [0.2, 0.25) is 0 Å². The highest BCUT2D eigenvalue weighted by Crippen LogP contribution is 2.36. The predicted molar refractivity (Wildman–Crippen MR) is 101 cm³/mol. The van der Waals surface area contributed by atoms with Crippen molar-refractivity contribution in [2.45, 2.75) is 13.0 Å². The first-order valence-corrected chi connectivity index (χ1v) is 8.93. The van der Waals surface area contributed by atoms with Crippen molar-refractivity contribution in [1.82, 2.24) is 10.5 Å². The molecule has 3 rings (SSSR count). The first-order chi connectivity index (χ1) is 13.0. The van der Waals surface area contributed by atoms with Gasteiger partial charge in [0.1, 0.15) is 28.4 Å². The number of benzene rings is 1. The Morgan fingerprint density at radius 2 is 2.22 bits per heavy atom. The number of thiophene rings is 1. The van der Waals surface area contributed by atoms with Gasteiger partial charge in [0.25, 0.3) is 5.91 Å². The molecule has 7 nitrogen and oxygen atoms in total. The summed E-state index contributed by atoms with van der Waals surface area (Å²) in [5.74, 6) is -1.01. The first-order valence-electron chi connectivity index (χ1n) is 8.11. The van der Waals surface area contributed by atoms with Crippen molar-refractivity contribution in [1.29, 1.82) is 0 Å². The molecule has 0 bridgehead atoms. The van der Waals surface area contributed by atoms with Crippen LogP contribution in [0.2, 0.25) is 0 Å². The average Bonchev–Trinajstić information content (AvgIpc) is 3.01. The Morgan fingerprint density at radius 3 is 2.96 bits per heavy atom. The Balaban J connectivity index is 1.90. The highest BCUT2D eigenvalue weighted by molar-refractivity contribution is 7.23. The maximum absolute atomic E-state index is 14.2. The van der Waals surface area contributed by atoms with Crippen molar-refractivity contribution in [3.8, 4) is 0 Å². The van der Waals surface area contributed by atoms with E-state index in [2.05, 4.69) is 15.8 Å². The maximum atomic E-state index is 14.2. The molecule has 3 aromatic rings. The molecular formula is C18H18FN3O4S. The van der Waals surface area contributed by atoms with Crippen LogP contribution in [-0.4, -0.2) is 40.4 Å². The summed E-state index contributed by atoms with van der Waals surface area (Å²) in [6.45, 7) is 1.03. The minimum Gasteiger partial charge on any atom is -0.394 e. The van der Waals surface area contributed by atoms with E-state index in [1.165, 1.54) is 17.4 Å². The lowest BCUT2D eigenvalue weighted by Crippen LogP contribution is -2.30. The molecule has 0 fully saturated rings. The zero-order valence-electron chi connectivity index (χ0n) is 14.4. The van der Waals surface area contributed by atoms with E-state index in [1.54, 1.807) is 37.4 Å². The van der Waals surface area contributed by atoms with Crippen molar-refractivity contribution in [3.05, 3.63) is 53.5 Å². The van der Waals surface area contributed by atoms with E-state index >= 15 is 0 Å². The number of aryl methyl sites for hydroxylation is 1. The Hall–Kier alpha value is -2.59. The molecule has 142 valence electrons. The number of nitrogens with zero attached hydrogens (tertiary/aromatic N) is 1. The molecule has 0 saturated heterocycles. The molecule has 0 aliphatic carbocycles. The number of aliphatic hydroxyl groups is 2. The Kier molecular flexibility index (Phi) is 5.97. The minimum absolute atomic E-state index is 0.234. The molecule has 0 aliphatic heterocycles. The quantitative estimate of drug-likeness (QED) is 0.462. The molecule has 0 radical (unpaired) electrons. The molecule has 2 aromatic heterocycles. The van der Waals surface area contributed by atoms with Crippen molar-refractivity contribution in [2.75, 3.05) is 18.5 Å². The van der Waals surface area contributed by atoms with Gasteiger partial charge in [-0.15, -0.1) is 0 Å². The van der Waals surface area contributed by atoms with E-state index < -0.39 is 24.4 Å². The Bertz CT molecular complexity index is 963. The SMILES string of the molecule is Cc1ccc(Nc2sc3ncccc3c2C(=O)NOCC(O)CO)c(F)c1. The van der Waals surface area contributed by atoms with Crippen LogP contribution < -0.4 is 10.8 Å². The molecule has 1 amide bonds. The van der Waals surface area contributed by atoms with Crippen LogP contribution >= 0.6 is 11.3 Å². The molecule has 0 spiro atoms. The molecule has 2 heterocycles. The predicted octanol–water partition coefficient (Wildman–Crippen LogP) is 2.50. The average molecular weight is 391 g/mol. The summed E-state index contributed by atoms with van der Waals surface area (Å²) >= 11 is 1.21. The van der Waals surface area contributed by atoms with Crippen LogP contribution in [0, 0.1) is 12.7 Å². The normalized spacial score (nSPS) is 12.1. The topological polar surface area (TPSA) is 104 Å². The van der Waals surface area contributed by atoms with Crippen LogP contribution in [0.3, 0.4) is 0 Å². The summed E-state index contributed by atoms with van der Waals surface area (Å²) < 4.78 is 14.2. The molecule has 1 unspecified atom stereocenters. The summed E-state index contributed by atoms with van der Waals surface area (Å²) in [6, 6.07) is 8.17. The van der Waals surface area contributed by atoms with Crippen LogP contribution in [0.25, 0.3) is 10.2 Å². The first kappa shape index (κ1) is 19.2. The number of aliphatic hydroxyl groups excluding tert-OH is 2. The van der Waals surface area contributed by atoms with Crippen molar-refractivity contribution in [3.63, 3.8) is 0 Å². The molecule has 9 heteroatoms. The van der Waals surface area contributed by atoms with E-state index in [0.717, 1.165) is 5.56 Å². The van der Waals surface area contributed by atoms with Gasteiger partial charge in [0.05, 0.1) is 17.9 Å². The van der Waals surface area contributed by atoms with E-state index in [-0.39, 0.29) is 17.9 Å². The summed E-state index contributed by atoms with van der Waals surface area (Å²) in [6.07, 6.45) is 0.496. The Morgan fingerprint density at radius 1 is 1.41 bits per heavy atom. The molecular weight excluding hydrogens is 373 g/mol. The van der Waals surface area contributed by atoms with E-state index in [9.17, 15) is 14.3 Å². The van der Waals surface area contributed by atoms with Crippen molar-refractivity contribution in [2.24, 2.45) is 0 Å². The van der Waals surface area contributed by atoms with Gasteiger partial charge in [-0.2, -0.15) is 0 Å². The van der Waals surface area contributed by atoms with Gasteiger partial charge in [-0.3, -0.25) is 9.63 Å². The lowest BCUT2D eigenvalue weighted by atomic mass is 10.2. The molecule has 0 saturated carbocycles. The van der Waals surface area contributed by atoms with Crippen molar-refractivity contribution < 1.29 is 24.2 Å². The number of rotatable bonds is 7. The lowest BCUT2D eigenvalue weighted by molar-refractivity contribution is -0.0294. The van der Waals surface area contributed by atoms with Gasteiger partial charge in [0.15, 0.2) is 0 Å². The second-order valence-electron chi connectivity index (χ2n) is 5.85. The number of hydrogen-bond acceptors (Lipinski definition) is 7. The summed E-state index contributed by atoms with van der Waals surface area (Å²) in [5, 5.41) is 22.0. The minimum atomic E-state index is -1.11. The zero-order valence-corrected chi connectivity index (χ0v) is 15.2. The van der Waals surface area contributed by atoms with Crippen LogP contribution in [0.15, 0.2) is 36.5 Å². The van der Waals surface area contributed by atoms with Gasteiger partial charge in [-0.25, -0.2) is 14.9 Å². The van der Waals surface area contributed by atoms with E-state index in [0.29, 0.717) is 15.2 Å². The number of aromatic nitrogens is 1. The maximum Gasteiger partial charge on any atom is 0.278 e. The second kappa shape index (κ2) is 8.40. The number of pyridine rings is 1. The summed E-state index contributed by atoms with van der Waals surface area (Å²) in [5.41, 5.74) is 3.50. The van der Waals surface area contributed by atoms with E-state index in [1.807, 2.05) is 0 Å². The standard InChI is InChI=1S/C18H18FN3O4S/c1-10-4-5-14(13(19)7-10)21-18-15(12-3-2-6-20-17(12)27-18)16(25)22-26-9-11(24)8-23/h2-7,11,21,23-24H,8-9H2,1H3,(H,22,25). The van der Waals surface area contributed by atoms with Crippen molar-refractivity contribution >= 4 is 38.1 Å². The smallest absolute Gasteiger partial charge is 0.278 e. The van der Waals surface area contributed by atoms with E-state index in [4.69, 9.17) is 9.94 Å². The third-order valence-corrected chi connectivity index (χ3v) is 4.75. The van der Waals surface area contributed by atoms with Crippen LogP contribution in [-0.2, 0) is 4.84 Å². The number of hydroxylamine groups is 1. The fourth-order valence-corrected chi connectivity index (χ4v) is 3.45. The zero-order chi connectivity index (χ0) is 19.4. The highest BCUT2D eigenvalue weighted by Gasteiger charge is 2.21. The third kappa shape index (κ3) is 4.40. The van der Waals surface area contributed by atoms with Gasteiger partial charge in [0, 0.05) is 11.6 Å². The second-order valence-corrected chi connectivity index (χ2v) is 6.85. The third-order valence-electron chi connectivity index (χ3n) is 3.72. The molecule has 0 aliphatic rings. The van der Waals surface area contributed by atoms with Crippen LogP contribution in [0.1, 0.15) is 15.9 Å². The van der Waals surface area contributed by atoms with Gasteiger partial charge >= 0.3 is 0 Å². The lowest BCUT2D eigenvalue weighted by Gasteiger charge is -2.11. The largest absolute Gasteiger partial charge is 0.394 e. The van der Waals surface area contributed by atoms with Gasteiger partial charge in [-0.05, 0) is 36.8 Å². The Labute approximate surface area is 158 Å². The summed E-state index contributed by atoms with van der Waals surface area (Å²) in [4.78, 5) is 22.4. The van der Waals surface area contributed by atoms with Crippen LogP contribution in [0.5, 0.6) is 0 Å².